The molecule has 2 aromatic carbocycles. The summed E-state index contributed by atoms with van der Waals surface area (Å²) in [4.78, 5) is 19.1. The van der Waals surface area contributed by atoms with Gasteiger partial charge in [-0.2, -0.15) is 5.10 Å². The van der Waals surface area contributed by atoms with Crippen LogP contribution in [-0.4, -0.2) is 58.2 Å². The number of aromatic nitrogens is 3. The largest absolute Gasteiger partial charge is 0.389 e. The molecule has 7 nitrogen and oxygen atoms in total. The zero-order chi connectivity index (χ0) is 31.6. The van der Waals surface area contributed by atoms with Crippen molar-refractivity contribution in [3.05, 3.63) is 113 Å². The molecule has 7 rings (SSSR count). The van der Waals surface area contributed by atoms with Gasteiger partial charge in [0.25, 0.3) is 0 Å². The molecule has 45 heavy (non-hydrogen) atoms. The first-order valence-electron chi connectivity index (χ1n) is 14.8. The third kappa shape index (κ3) is 5.32. The van der Waals surface area contributed by atoms with Gasteiger partial charge in [-0.15, -0.1) is 0 Å². The third-order valence-electron chi connectivity index (χ3n) is 9.34. The molecule has 3 aliphatic carbocycles. The lowest BCUT2D eigenvalue weighted by Gasteiger charge is -2.47. The fraction of sp³-hybridized carbons (Fsp3) is 0.294. The molecule has 0 aliphatic heterocycles. The average Bonchev–Trinajstić information content (AvgIpc) is 3.63. The van der Waals surface area contributed by atoms with E-state index in [-0.39, 0.29) is 36.7 Å². The second kappa shape index (κ2) is 10.8. The van der Waals surface area contributed by atoms with E-state index in [1.54, 1.807) is 27.3 Å². The summed E-state index contributed by atoms with van der Waals surface area (Å²) in [5, 5.41) is 15.6. The molecule has 1 unspecified atom stereocenters. The van der Waals surface area contributed by atoms with Gasteiger partial charge in [0.05, 0.1) is 38.3 Å². The number of carbonyl (C=O) groups excluding carboxylic acids is 1. The summed E-state index contributed by atoms with van der Waals surface area (Å²) < 4.78 is 59.8. The summed E-state index contributed by atoms with van der Waals surface area (Å²) in [6, 6.07) is 13.2. The lowest BCUT2D eigenvalue weighted by Crippen LogP contribution is -2.52. The van der Waals surface area contributed by atoms with Crippen LogP contribution in [0.1, 0.15) is 53.8 Å². The second-order valence-corrected chi connectivity index (χ2v) is 14.6. The van der Waals surface area contributed by atoms with Crippen molar-refractivity contribution in [3.8, 4) is 5.69 Å². The van der Waals surface area contributed by atoms with Crippen LogP contribution in [0.4, 0.5) is 13.2 Å². The van der Waals surface area contributed by atoms with Crippen LogP contribution in [0.25, 0.3) is 11.8 Å². The molecule has 1 N–H and O–H groups in total. The van der Waals surface area contributed by atoms with E-state index in [1.165, 1.54) is 48.7 Å². The van der Waals surface area contributed by atoms with Gasteiger partial charge in [0.15, 0.2) is 5.78 Å². The van der Waals surface area contributed by atoms with Gasteiger partial charge in [0.2, 0.25) is 0 Å². The van der Waals surface area contributed by atoms with E-state index in [1.807, 2.05) is 6.08 Å². The van der Waals surface area contributed by atoms with Crippen molar-refractivity contribution in [2.75, 3.05) is 6.54 Å². The minimum atomic E-state index is -3.22. The predicted molar refractivity (Wildman–Crippen MR) is 165 cm³/mol. The molecule has 2 aromatic heterocycles. The fourth-order valence-electron chi connectivity index (χ4n) is 6.74. The molecule has 3 atom stereocenters. The lowest BCUT2D eigenvalue weighted by molar-refractivity contribution is 0.0673. The SMILES string of the molecule is C=S(=O)(c1ccc(F)cc1)N(CC1(O)CC1)[C@H]1CCC2=Cc3c(cnn3-c3ccc(F)cc3)C[C@]2(C(=O)c2cc(F)ccn2)C1. The van der Waals surface area contributed by atoms with Crippen molar-refractivity contribution in [1.29, 1.82) is 0 Å². The van der Waals surface area contributed by atoms with Crippen LogP contribution in [0.5, 0.6) is 0 Å². The molecule has 3 aliphatic rings. The molecule has 2 fully saturated rings. The average molecular weight is 633 g/mol. The van der Waals surface area contributed by atoms with Crippen LogP contribution < -0.4 is 0 Å². The van der Waals surface area contributed by atoms with Gasteiger partial charge >= 0.3 is 0 Å². The quantitative estimate of drug-likeness (QED) is 0.203. The maximum atomic E-state index is 14.5. The topological polar surface area (TPSA) is 88.3 Å². The van der Waals surface area contributed by atoms with Crippen molar-refractivity contribution < 1.29 is 27.3 Å². The number of carbonyl (C=O) groups is 1. The molecule has 0 amide bonds. The molecule has 0 spiro atoms. The van der Waals surface area contributed by atoms with Crippen molar-refractivity contribution in [2.45, 2.75) is 55.1 Å². The Morgan fingerprint density at radius 3 is 2.40 bits per heavy atom. The van der Waals surface area contributed by atoms with Gasteiger partial charge in [0.1, 0.15) is 23.1 Å². The van der Waals surface area contributed by atoms with Crippen LogP contribution >= 0.6 is 0 Å². The zero-order valence-corrected chi connectivity index (χ0v) is 25.2. The van der Waals surface area contributed by atoms with Crippen LogP contribution in [-0.2, 0) is 16.1 Å². The first-order valence-corrected chi connectivity index (χ1v) is 16.5. The number of hydrogen-bond acceptors (Lipinski definition) is 5. The second-order valence-electron chi connectivity index (χ2n) is 12.4. The number of hydrogen-bond donors (Lipinski definition) is 1. The number of ketones is 1. The normalized spacial score (nSPS) is 23.0. The number of halogens is 3. The highest BCUT2D eigenvalue weighted by molar-refractivity contribution is 7.98. The van der Waals surface area contributed by atoms with Crippen molar-refractivity contribution >= 4 is 27.4 Å². The summed E-state index contributed by atoms with van der Waals surface area (Å²) in [6.45, 7) is 0.0761. The smallest absolute Gasteiger partial charge is 0.191 e. The highest BCUT2D eigenvalue weighted by Gasteiger charge is 2.53. The molecule has 0 saturated heterocycles. The summed E-state index contributed by atoms with van der Waals surface area (Å²) in [6.07, 6.45) is 7.34. The lowest BCUT2D eigenvalue weighted by atomic mass is 9.60. The fourth-order valence-corrected chi connectivity index (χ4v) is 8.68. The van der Waals surface area contributed by atoms with Gasteiger partial charge in [-0.3, -0.25) is 9.78 Å². The molecular formula is C34H31F3N4O3S. The van der Waals surface area contributed by atoms with Gasteiger partial charge in [-0.1, -0.05) is 5.57 Å². The monoisotopic (exact) mass is 632 g/mol. The Morgan fingerprint density at radius 1 is 1.04 bits per heavy atom. The Kier molecular flexibility index (Phi) is 7.10. The minimum Gasteiger partial charge on any atom is -0.389 e. The standard InChI is InChI=1S/C34H31F3N4O3S/c1-45(44,29-10-5-25(36)6-11-29)40(21-33(43)13-14-33)28-7-2-23-16-31-22(20-39-41(31)27-8-3-24(35)4-9-27)18-34(23,19-28)32(42)30-17-26(37)12-15-38-30/h3-6,8-12,15-17,20,28,43H,1-2,7,13-14,18-19,21H2/t28-,34-,45?/m0/s1. The Bertz CT molecular complexity index is 1940. The van der Waals surface area contributed by atoms with Gasteiger partial charge in [0, 0.05) is 29.7 Å². The zero-order valence-electron chi connectivity index (χ0n) is 24.3. The van der Waals surface area contributed by atoms with E-state index in [0.29, 0.717) is 36.3 Å². The number of aliphatic hydroxyl groups is 1. The van der Waals surface area contributed by atoms with Crippen molar-refractivity contribution in [3.63, 3.8) is 0 Å². The van der Waals surface area contributed by atoms with Gasteiger partial charge in [-0.25, -0.2) is 26.4 Å². The Labute approximate surface area is 259 Å². The number of fused-ring (bicyclic) bond motifs is 2. The van der Waals surface area contributed by atoms with Crippen molar-refractivity contribution in [1.82, 2.24) is 19.1 Å². The predicted octanol–water partition coefficient (Wildman–Crippen LogP) is 5.56. The number of rotatable bonds is 8. The summed E-state index contributed by atoms with van der Waals surface area (Å²) in [5.41, 5.74) is 0.792. The molecule has 2 heterocycles. The molecule has 11 heteroatoms. The highest BCUT2D eigenvalue weighted by atomic mass is 32.2. The molecule has 4 aromatic rings. The van der Waals surface area contributed by atoms with E-state index in [9.17, 15) is 27.3 Å². The number of nitrogens with zero attached hydrogens (tertiary/aromatic N) is 4. The number of allylic oxidation sites excluding steroid dienone is 1. The van der Waals surface area contributed by atoms with Crippen molar-refractivity contribution in [2.24, 2.45) is 5.41 Å². The number of benzene rings is 2. The highest BCUT2D eigenvalue weighted by Crippen LogP contribution is 2.52. The number of Topliss-reactive ketones (excluding diaryl/α,β-unsaturated/α-hetero) is 1. The van der Waals surface area contributed by atoms with Crippen LogP contribution in [0.3, 0.4) is 0 Å². The molecular weight excluding hydrogens is 601 g/mol. The van der Waals surface area contributed by atoms with Gasteiger partial charge < -0.3 is 5.11 Å². The maximum absolute atomic E-state index is 14.5. The van der Waals surface area contributed by atoms with E-state index >= 15 is 0 Å². The van der Waals surface area contributed by atoms with Gasteiger partial charge in [-0.05, 0) is 111 Å². The number of pyridine rings is 1. The Hall–Kier alpha value is -4.06. The van der Waals surface area contributed by atoms with E-state index < -0.39 is 38.4 Å². The third-order valence-corrected chi connectivity index (χ3v) is 11.5. The molecule has 0 radical (unpaired) electrons. The molecule has 0 bridgehead atoms. The van der Waals surface area contributed by atoms with E-state index in [4.69, 9.17) is 0 Å². The van der Waals surface area contributed by atoms with E-state index in [0.717, 1.165) is 22.9 Å². The molecule has 2 saturated carbocycles. The Morgan fingerprint density at radius 2 is 1.73 bits per heavy atom. The summed E-state index contributed by atoms with van der Waals surface area (Å²) in [5.74, 6) is 2.31. The minimum absolute atomic E-state index is 0.0165. The summed E-state index contributed by atoms with van der Waals surface area (Å²) in [7, 11) is -3.22. The first-order chi connectivity index (χ1) is 21.5. The summed E-state index contributed by atoms with van der Waals surface area (Å²) >= 11 is 0. The first kappa shape index (κ1) is 29.6. The van der Waals surface area contributed by atoms with E-state index in [2.05, 4.69) is 16.0 Å². The van der Waals surface area contributed by atoms with Crippen LogP contribution in [0.15, 0.2) is 83.5 Å². The van der Waals surface area contributed by atoms with Crippen LogP contribution in [0, 0.1) is 22.9 Å². The molecule has 232 valence electrons. The maximum Gasteiger partial charge on any atom is 0.191 e. The van der Waals surface area contributed by atoms with Crippen LogP contribution in [0.2, 0.25) is 0 Å². The Balaban J connectivity index is 1.32.